The fourth-order valence-electron chi connectivity index (χ4n) is 3.40. The number of carboxylic acids is 1. The lowest BCUT2D eigenvalue weighted by Gasteiger charge is -2.37. The molecular weight excluding hydrogens is 268 g/mol. The standard InChI is InChI=1S/C17H18O4/c1-8-4-5-11-10(3)21-16-14(17(19)20)9(2)7-13(18)15(16)12(11)6-8/h6-7,11-12,18H,3-5H2,1-2H3,(H,19,20)/t11-,12+/m0/s1. The highest BCUT2D eigenvalue weighted by Crippen LogP contribution is 2.52. The molecule has 1 aromatic carbocycles. The summed E-state index contributed by atoms with van der Waals surface area (Å²) in [5.41, 5.74) is 2.42. The minimum atomic E-state index is -1.05. The van der Waals surface area contributed by atoms with Gasteiger partial charge in [-0.05, 0) is 38.3 Å². The summed E-state index contributed by atoms with van der Waals surface area (Å²) in [5.74, 6) is -0.0847. The number of carbonyl (C=O) groups is 1. The van der Waals surface area contributed by atoms with Crippen molar-refractivity contribution < 1.29 is 19.7 Å². The SMILES string of the molecule is C=C1Oc2c(C(=O)O)c(C)cc(O)c2[C@@H]2C=C(C)CC[C@@H]12. The molecule has 2 atom stereocenters. The van der Waals surface area contributed by atoms with E-state index in [2.05, 4.69) is 19.6 Å². The summed E-state index contributed by atoms with van der Waals surface area (Å²) in [5, 5.41) is 19.8. The van der Waals surface area contributed by atoms with Gasteiger partial charge in [0.25, 0.3) is 0 Å². The normalized spacial score (nSPS) is 23.7. The van der Waals surface area contributed by atoms with Gasteiger partial charge in [-0.1, -0.05) is 18.2 Å². The second-order valence-corrected chi connectivity index (χ2v) is 5.89. The molecule has 0 saturated carbocycles. The third kappa shape index (κ3) is 2.02. The quantitative estimate of drug-likeness (QED) is 0.772. The van der Waals surface area contributed by atoms with E-state index in [1.807, 2.05) is 0 Å². The lowest BCUT2D eigenvalue weighted by molar-refractivity contribution is 0.0691. The minimum Gasteiger partial charge on any atom is -0.507 e. The number of hydrogen-bond acceptors (Lipinski definition) is 3. The van der Waals surface area contributed by atoms with Crippen molar-refractivity contribution in [2.24, 2.45) is 5.92 Å². The van der Waals surface area contributed by atoms with Crippen LogP contribution in [0.25, 0.3) is 0 Å². The molecule has 0 unspecified atom stereocenters. The van der Waals surface area contributed by atoms with Crippen LogP contribution in [0.15, 0.2) is 30.1 Å². The Kier molecular flexibility index (Phi) is 3.04. The average molecular weight is 286 g/mol. The second-order valence-electron chi connectivity index (χ2n) is 5.89. The molecule has 0 amide bonds. The van der Waals surface area contributed by atoms with Crippen LogP contribution in [-0.4, -0.2) is 16.2 Å². The van der Waals surface area contributed by atoms with Gasteiger partial charge in [-0.3, -0.25) is 0 Å². The first-order chi connectivity index (χ1) is 9.90. The highest BCUT2D eigenvalue weighted by molar-refractivity contribution is 5.94. The Morgan fingerprint density at radius 2 is 2.14 bits per heavy atom. The first-order valence-electron chi connectivity index (χ1n) is 7.03. The lowest BCUT2D eigenvalue weighted by Crippen LogP contribution is -2.27. The number of aromatic hydroxyl groups is 1. The number of carboxylic acid groups (broad SMARTS) is 1. The van der Waals surface area contributed by atoms with Gasteiger partial charge in [0.2, 0.25) is 0 Å². The molecule has 0 aromatic heterocycles. The van der Waals surface area contributed by atoms with Gasteiger partial charge in [-0.25, -0.2) is 4.79 Å². The van der Waals surface area contributed by atoms with Crippen LogP contribution < -0.4 is 4.74 Å². The van der Waals surface area contributed by atoms with Gasteiger partial charge in [-0.15, -0.1) is 0 Å². The molecule has 0 bridgehead atoms. The maximum absolute atomic E-state index is 11.5. The van der Waals surface area contributed by atoms with Gasteiger partial charge in [-0.2, -0.15) is 0 Å². The largest absolute Gasteiger partial charge is 0.507 e. The van der Waals surface area contributed by atoms with Crippen molar-refractivity contribution >= 4 is 5.97 Å². The zero-order chi connectivity index (χ0) is 15.3. The second kappa shape index (κ2) is 4.65. The van der Waals surface area contributed by atoms with Crippen molar-refractivity contribution in [3.05, 3.63) is 46.7 Å². The fourth-order valence-corrected chi connectivity index (χ4v) is 3.40. The molecule has 4 nitrogen and oxygen atoms in total. The molecular formula is C17H18O4. The third-order valence-electron chi connectivity index (χ3n) is 4.44. The molecule has 1 aliphatic heterocycles. The molecule has 2 N–H and O–H groups in total. The Balaban J connectivity index is 2.29. The number of allylic oxidation sites excluding steroid dienone is 3. The maximum atomic E-state index is 11.5. The fraction of sp³-hybridized carbons (Fsp3) is 0.353. The summed E-state index contributed by atoms with van der Waals surface area (Å²) in [6.45, 7) is 7.67. The Labute approximate surface area is 123 Å². The van der Waals surface area contributed by atoms with Gasteiger partial charge in [0.05, 0.1) is 0 Å². The molecule has 4 heteroatoms. The number of ether oxygens (including phenoxy) is 1. The average Bonchev–Trinajstić information content (AvgIpc) is 2.36. The summed E-state index contributed by atoms with van der Waals surface area (Å²) >= 11 is 0. The molecule has 0 fully saturated rings. The van der Waals surface area contributed by atoms with Crippen LogP contribution >= 0.6 is 0 Å². The van der Waals surface area contributed by atoms with E-state index in [4.69, 9.17) is 4.74 Å². The van der Waals surface area contributed by atoms with E-state index >= 15 is 0 Å². The van der Waals surface area contributed by atoms with Gasteiger partial charge in [0.15, 0.2) is 0 Å². The van der Waals surface area contributed by atoms with Crippen LogP contribution in [0.1, 0.15) is 47.2 Å². The topological polar surface area (TPSA) is 66.8 Å². The number of phenolic OH excluding ortho intramolecular Hbond substituents is 1. The molecule has 21 heavy (non-hydrogen) atoms. The van der Waals surface area contributed by atoms with Crippen LogP contribution in [0.4, 0.5) is 0 Å². The Morgan fingerprint density at radius 1 is 1.43 bits per heavy atom. The van der Waals surface area contributed by atoms with Crippen LogP contribution in [-0.2, 0) is 0 Å². The summed E-state index contributed by atoms with van der Waals surface area (Å²) < 4.78 is 5.73. The molecule has 1 aromatic rings. The van der Waals surface area contributed by atoms with Crippen molar-refractivity contribution in [1.29, 1.82) is 0 Å². The van der Waals surface area contributed by atoms with E-state index in [1.165, 1.54) is 11.6 Å². The van der Waals surface area contributed by atoms with Crippen LogP contribution in [0.2, 0.25) is 0 Å². The summed E-state index contributed by atoms with van der Waals surface area (Å²) in [6.07, 6.45) is 3.97. The van der Waals surface area contributed by atoms with E-state index in [0.29, 0.717) is 16.9 Å². The van der Waals surface area contributed by atoms with E-state index in [9.17, 15) is 15.0 Å². The zero-order valence-corrected chi connectivity index (χ0v) is 12.1. The number of hydrogen-bond donors (Lipinski definition) is 2. The molecule has 1 heterocycles. The number of benzene rings is 1. The van der Waals surface area contributed by atoms with Crippen molar-refractivity contribution in [2.75, 3.05) is 0 Å². The number of phenols is 1. The number of fused-ring (bicyclic) bond motifs is 3. The van der Waals surface area contributed by atoms with E-state index in [1.54, 1.807) is 6.92 Å². The Hall–Kier alpha value is -2.23. The minimum absolute atomic E-state index is 0.0614. The number of rotatable bonds is 1. The first-order valence-corrected chi connectivity index (χ1v) is 7.03. The summed E-state index contributed by atoms with van der Waals surface area (Å²) in [6, 6.07) is 1.51. The van der Waals surface area contributed by atoms with Crippen LogP contribution in [0.5, 0.6) is 11.5 Å². The van der Waals surface area contributed by atoms with Gasteiger partial charge in [0, 0.05) is 17.4 Å². The predicted molar refractivity (Wildman–Crippen MR) is 78.8 cm³/mol. The van der Waals surface area contributed by atoms with E-state index < -0.39 is 5.97 Å². The molecule has 0 saturated heterocycles. The first kappa shape index (κ1) is 13.7. The Morgan fingerprint density at radius 3 is 2.81 bits per heavy atom. The van der Waals surface area contributed by atoms with Gasteiger partial charge < -0.3 is 14.9 Å². The van der Waals surface area contributed by atoms with Crippen molar-refractivity contribution in [3.8, 4) is 11.5 Å². The molecule has 3 rings (SSSR count). The lowest BCUT2D eigenvalue weighted by atomic mass is 9.73. The summed E-state index contributed by atoms with van der Waals surface area (Å²) in [7, 11) is 0. The zero-order valence-electron chi connectivity index (χ0n) is 12.1. The van der Waals surface area contributed by atoms with Crippen LogP contribution in [0.3, 0.4) is 0 Å². The molecule has 110 valence electrons. The number of aryl methyl sites for hydroxylation is 1. The highest BCUT2D eigenvalue weighted by atomic mass is 16.5. The molecule has 0 radical (unpaired) electrons. The van der Waals surface area contributed by atoms with Crippen molar-refractivity contribution in [1.82, 2.24) is 0 Å². The Bertz CT molecular complexity index is 685. The molecule has 2 aliphatic rings. The van der Waals surface area contributed by atoms with Gasteiger partial charge in [0.1, 0.15) is 22.8 Å². The predicted octanol–water partition coefficient (Wildman–Crippen LogP) is 3.74. The van der Waals surface area contributed by atoms with E-state index in [-0.39, 0.29) is 28.9 Å². The number of aromatic carboxylic acids is 1. The van der Waals surface area contributed by atoms with Crippen LogP contribution in [0, 0.1) is 12.8 Å². The van der Waals surface area contributed by atoms with Gasteiger partial charge >= 0.3 is 5.97 Å². The van der Waals surface area contributed by atoms with E-state index in [0.717, 1.165) is 12.8 Å². The molecule has 1 aliphatic carbocycles. The summed E-state index contributed by atoms with van der Waals surface area (Å²) in [4.78, 5) is 11.5. The smallest absolute Gasteiger partial charge is 0.339 e. The third-order valence-corrected chi connectivity index (χ3v) is 4.44. The monoisotopic (exact) mass is 286 g/mol. The van der Waals surface area contributed by atoms with Crippen molar-refractivity contribution in [2.45, 2.75) is 32.6 Å². The molecule has 0 spiro atoms. The van der Waals surface area contributed by atoms with Crippen molar-refractivity contribution in [3.63, 3.8) is 0 Å². The highest BCUT2D eigenvalue weighted by Gasteiger charge is 2.39. The maximum Gasteiger partial charge on any atom is 0.339 e.